The third-order valence-corrected chi connectivity index (χ3v) is 4.93. The minimum Gasteiger partial charge on any atom is -0.321 e. The number of hydrogen-bond acceptors (Lipinski definition) is 4. The molecule has 124 valence electrons. The number of halogens is 1. The van der Waals surface area contributed by atoms with E-state index in [9.17, 15) is 17.6 Å². The highest BCUT2D eigenvalue weighted by Gasteiger charge is 2.11. The van der Waals surface area contributed by atoms with Crippen molar-refractivity contribution in [1.82, 2.24) is 4.72 Å². The maximum absolute atomic E-state index is 13.1. The minimum atomic E-state index is -3.21. The van der Waals surface area contributed by atoms with Crippen molar-refractivity contribution in [3.05, 3.63) is 51.5 Å². The fourth-order valence-corrected chi connectivity index (χ4v) is 3.32. The molecule has 1 amide bonds. The number of hydrogen-bond donors (Lipinski definition) is 2. The lowest BCUT2D eigenvalue weighted by Gasteiger charge is -2.07. The van der Waals surface area contributed by atoms with Crippen molar-refractivity contribution in [1.29, 1.82) is 0 Å². The summed E-state index contributed by atoms with van der Waals surface area (Å²) in [6, 6.07) is 7.65. The van der Waals surface area contributed by atoms with E-state index in [-0.39, 0.29) is 18.3 Å². The van der Waals surface area contributed by atoms with Gasteiger partial charge in [0.25, 0.3) is 5.91 Å². The molecule has 2 rings (SSSR count). The molecular formula is C15H17FN2O3S2. The molecule has 0 fully saturated rings. The SMILES string of the molecule is Cc1cc(F)ccc1NC(=O)c1ccc(CCNS(C)(=O)=O)s1. The van der Waals surface area contributed by atoms with Gasteiger partial charge in [-0.05, 0) is 49.2 Å². The van der Waals surface area contributed by atoms with E-state index in [4.69, 9.17) is 0 Å². The van der Waals surface area contributed by atoms with Crippen molar-refractivity contribution in [3.8, 4) is 0 Å². The standard InChI is InChI=1S/C15H17FN2O3S2/c1-10-9-11(16)3-5-13(10)18-15(19)14-6-4-12(22-14)7-8-17-23(2,20)21/h3-6,9,17H,7-8H2,1-2H3,(H,18,19). The Morgan fingerprint density at radius 1 is 1.26 bits per heavy atom. The van der Waals surface area contributed by atoms with Crippen molar-refractivity contribution in [2.24, 2.45) is 0 Å². The van der Waals surface area contributed by atoms with Crippen LogP contribution in [0.1, 0.15) is 20.1 Å². The first-order valence-corrected chi connectivity index (χ1v) is 9.56. The second-order valence-electron chi connectivity index (χ2n) is 5.10. The molecule has 0 atom stereocenters. The lowest BCUT2D eigenvalue weighted by atomic mass is 10.2. The van der Waals surface area contributed by atoms with Gasteiger partial charge in [0.1, 0.15) is 5.82 Å². The molecule has 2 N–H and O–H groups in total. The molecule has 5 nitrogen and oxygen atoms in total. The molecule has 0 saturated carbocycles. The van der Waals surface area contributed by atoms with Crippen LogP contribution in [-0.4, -0.2) is 27.1 Å². The second-order valence-corrected chi connectivity index (χ2v) is 8.10. The summed E-state index contributed by atoms with van der Waals surface area (Å²) in [6.45, 7) is 2.01. The van der Waals surface area contributed by atoms with Gasteiger partial charge in [-0.3, -0.25) is 4.79 Å². The molecule has 23 heavy (non-hydrogen) atoms. The number of carbonyl (C=O) groups excluding carboxylic acids is 1. The van der Waals surface area contributed by atoms with Gasteiger partial charge >= 0.3 is 0 Å². The summed E-state index contributed by atoms with van der Waals surface area (Å²) in [5, 5.41) is 2.74. The van der Waals surface area contributed by atoms with Gasteiger partial charge in [0.15, 0.2) is 0 Å². The van der Waals surface area contributed by atoms with Gasteiger partial charge in [0, 0.05) is 17.1 Å². The first-order valence-electron chi connectivity index (χ1n) is 6.85. The van der Waals surface area contributed by atoms with Gasteiger partial charge in [0.05, 0.1) is 11.1 Å². The molecule has 0 spiro atoms. The number of aryl methyl sites for hydroxylation is 1. The van der Waals surface area contributed by atoms with E-state index in [0.29, 0.717) is 22.5 Å². The van der Waals surface area contributed by atoms with E-state index in [1.54, 1.807) is 19.1 Å². The lowest BCUT2D eigenvalue weighted by molar-refractivity contribution is 0.103. The molecule has 2 aromatic rings. The van der Waals surface area contributed by atoms with E-state index in [1.807, 2.05) is 0 Å². The van der Waals surface area contributed by atoms with Gasteiger partial charge < -0.3 is 5.32 Å². The average Bonchev–Trinajstić information content (AvgIpc) is 2.89. The number of anilines is 1. The van der Waals surface area contributed by atoms with Crippen LogP contribution < -0.4 is 10.0 Å². The van der Waals surface area contributed by atoms with Crippen molar-refractivity contribution < 1.29 is 17.6 Å². The topological polar surface area (TPSA) is 75.3 Å². The number of amides is 1. The van der Waals surface area contributed by atoms with E-state index in [0.717, 1.165) is 11.1 Å². The Morgan fingerprint density at radius 2 is 2.00 bits per heavy atom. The van der Waals surface area contributed by atoms with Crippen LogP contribution in [0.25, 0.3) is 0 Å². The predicted molar refractivity (Wildman–Crippen MR) is 90.0 cm³/mol. The maximum atomic E-state index is 13.1. The number of carbonyl (C=O) groups is 1. The Morgan fingerprint density at radius 3 is 2.65 bits per heavy atom. The fourth-order valence-electron chi connectivity index (χ4n) is 1.95. The van der Waals surface area contributed by atoms with E-state index in [2.05, 4.69) is 10.0 Å². The molecule has 1 aromatic heterocycles. The highest BCUT2D eigenvalue weighted by Crippen LogP contribution is 2.21. The van der Waals surface area contributed by atoms with Crippen molar-refractivity contribution in [3.63, 3.8) is 0 Å². The Labute approximate surface area is 138 Å². The highest BCUT2D eigenvalue weighted by atomic mass is 32.2. The summed E-state index contributed by atoms with van der Waals surface area (Å²) in [6.07, 6.45) is 1.62. The van der Waals surface area contributed by atoms with Crippen molar-refractivity contribution in [2.75, 3.05) is 18.1 Å². The van der Waals surface area contributed by atoms with Crippen LogP contribution in [0.2, 0.25) is 0 Å². The molecule has 8 heteroatoms. The van der Waals surface area contributed by atoms with Crippen LogP contribution in [0.4, 0.5) is 10.1 Å². The van der Waals surface area contributed by atoms with Crippen molar-refractivity contribution in [2.45, 2.75) is 13.3 Å². The summed E-state index contributed by atoms with van der Waals surface area (Å²) in [5.41, 5.74) is 1.21. The predicted octanol–water partition coefficient (Wildman–Crippen LogP) is 2.54. The zero-order valence-corrected chi connectivity index (χ0v) is 14.4. The molecule has 0 aliphatic heterocycles. The molecule has 0 aliphatic rings. The van der Waals surface area contributed by atoms with Crippen LogP contribution in [-0.2, 0) is 16.4 Å². The summed E-state index contributed by atoms with van der Waals surface area (Å²) < 4.78 is 37.4. The number of nitrogens with one attached hydrogen (secondary N) is 2. The van der Waals surface area contributed by atoms with Crippen LogP contribution in [0, 0.1) is 12.7 Å². The molecule has 0 radical (unpaired) electrons. The maximum Gasteiger partial charge on any atom is 0.265 e. The van der Waals surface area contributed by atoms with Gasteiger partial charge in [0.2, 0.25) is 10.0 Å². The third-order valence-electron chi connectivity index (χ3n) is 3.06. The normalized spacial score (nSPS) is 11.4. The first kappa shape index (κ1) is 17.6. The Kier molecular flexibility index (Phi) is 5.51. The summed E-state index contributed by atoms with van der Waals surface area (Å²) in [5.74, 6) is -0.621. The summed E-state index contributed by atoms with van der Waals surface area (Å²) in [4.78, 5) is 13.6. The quantitative estimate of drug-likeness (QED) is 0.835. The molecule has 0 saturated heterocycles. The Bertz CT molecular complexity index is 816. The molecule has 0 bridgehead atoms. The minimum absolute atomic E-state index is 0.271. The largest absolute Gasteiger partial charge is 0.321 e. The number of benzene rings is 1. The monoisotopic (exact) mass is 356 g/mol. The summed E-state index contributed by atoms with van der Waals surface area (Å²) >= 11 is 1.30. The van der Waals surface area contributed by atoms with Crippen LogP contribution in [0.3, 0.4) is 0 Å². The Balaban J connectivity index is 1.98. The number of sulfonamides is 1. The Hall–Kier alpha value is -1.77. The smallest absolute Gasteiger partial charge is 0.265 e. The third kappa shape index (κ3) is 5.42. The van der Waals surface area contributed by atoms with Gasteiger partial charge in [-0.25, -0.2) is 17.5 Å². The van der Waals surface area contributed by atoms with Gasteiger partial charge in [-0.1, -0.05) is 0 Å². The molecule has 0 aliphatic carbocycles. The number of rotatable bonds is 6. The van der Waals surface area contributed by atoms with E-state index < -0.39 is 10.0 Å². The fraction of sp³-hybridized carbons (Fsp3) is 0.267. The average molecular weight is 356 g/mol. The van der Waals surface area contributed by atoms with Gasteiger partial charge in [-0.15, -0.1) is 11.3 Å². The zero-order valence-electron chi connectivity index (χ0n) is 12.7. The second kappa shape index (κ2) is 7.20. The molecule has 1 aromatic carbocycles. The van der Waals surface area contributed by atoms with Gasteiger partial charge in [-0.2, -0.15) is 0 Å². The number of thiophene rings is 1. The molecular weight excluding hydrogens is 339 g/mol. The zero-order chi connectivity index (χ0) is 17.0. The lowest BCUT2D eigenvalue weighted by Crippen LogP contribution is -2.24. The van der Waals surface area contributed by atoms with E-state index >= 15 is 0 Å². The highest BCUT2D eigenvalue weighted by molar-refractivity contribution is 7.88. The summed E-state index contributed by atoms with van der Waals surface area (Å²) in [7, 11) is -3.21. The molecule has 0 unspecified atom stereocenters. The first-order chi connectivity index (χ1) is 10.7. The molecule has 1 heterocycles. The van der Waals surface area contributed by atoms with E-state index in [1.165, 1.54) is 29.5 Å². The van der Waals surface area contributed by atoms with Crippen LogP contribution in [0.15, 0.2) is 30.3 Å². The van der Waals surface area contributed by atoms with Crippen molar-refractivity contribution >= 4 is 33.0 Å². The van der Waals surface area contributed by atoms with Crippen LogP contribution in [0.5, 0.6) is 0 Å². The van der Waals surface area contributed by atoms with Crippen LogP contribution >= 0.6 is 11.3 Å².